The van der Waals surface area contributed by atoms with Gasteiger partial charge in [-0.25, -0.2) is 0 Å². The second-order valence-electron chi connectivity index (χ2n) is 12.9. The average molecular weight is 432 g/mol. The van der Waals surface area contributed by atoms with Crippen molar-refractivity contribution in [2.45, 2.75) is 72.1 Å². The van der Waals surface area contributed by atoms with Crippen LogP contribution in [-0.2, 0) is 0 Å². The molecule has 0 aromatic rings. The summed E-state index contributed by atoms with van der Waals surface area (Å²) in [6.45, 7) is 13.4. The van der Waals surface area contributed by atoms with E-state index in [1.807, 2.05) is 6.21 Å². The monoisotopic (exact) mass is 431 g/mol. The minimum absolute atomic E-state index is 0.289. The molecule has 1 aliphatic heterocycles. The van der Waals surface area contributed by atoms with Crippen LogP contribution in [0.3, 0.4) is 0 Å². The number of fused-ring (bicyclic) bond motifs is 1. The topological polar surface area (TPSA) is 32.6 Å². The lowest BCUT2D eigenvalue weighted by atomic mass is 9.44. The number of rotatable bonds is 5. The molecule has 2 heteroatoms. The van der Waals surface area contributed by atoms with E-state index in [9.17, 15) is 5.11 Å². The number of aliphatic hydroxyl groups is 1. The molecule has 0 saturated heterocycles. The zero-order chi connectivity index (χ0) is 22.4. The van der Waals surface area contributed by atoms with Crippen LogP contribution in [0.5, 0.6) is 0 Å². The third kappa shape index (κ3) is 2.48. The van der Waals surface area contributed by atoms with E-state index in [1.54, 1.807) is 5.57 Å². The summed E-state index contributed by atoms with van der Waals surface area (Å²) in [5.74, 6) is 2.53. The SMILES string of the molecule is C=C1C=C2[C@]3(CC[C@H](C[C@H](CO)CC4=CCN=C4)C3)CC[C@@H]3CC=C[C@@]4([C@@H]1C4(C)C)[C@@]23C. The van der Waals surface area contributed by atoms with E-state index in [-0.39, 0.29) is 5.41 Å². The fourth-order valence-corrected chi connectivity index (χ4v) is 10.0. The molecule has 0 aromatic heterocycles. The van der Waals surface area contributed by atoms with Gasteiger partial charge in [0.1, 0.15) is 0 Å². The second-order valence-corrected chi connectivity index (χ2v) is 12.9. The highest BCUT2D eigenvalue weighted by Crippen LogP contribution is 2.87. The number of nitrogens with zero attached hydrogens (tertiary/aromatic N) is 1. The van der Waals surface area contributed by atoms with Crippen LogP contribution in [0.4, 0.5) is 0 Å². The zero-order valence-corrected chi connectivity index (χ0v) is 20.4. The van der Waals surface area contributed by atoms with Crippen molar-refractivity contribution >= 4 is 6.21 Å². The summed E-state index contributed by atoms with van der Waals surface area (Å²) in [5.41, 5.74) is 5.79. The maximum Gasteiger partial charge on any atom is 0.0576 e. The van der Waals surface area contributed by atoms with Crippen molar-refractivity contribution in [2.24, 2.45) is 50.3 Å². The van der Waals surface area contributed by atoms with E-state index >= 15 is 0 Å². The van der Waals surface area contributed by atoms with Crippen molar-refractivity contribution in [2.75, 3.05) is 13.2 Å². The molecule has 32 heavy (non-hydrogen) atoms. The largest absolute Gasteiger partial charge is 0.396 e. The predicted molar refractivity (Wildman–Crippen MR) is 133 cm³/mol. The lowest BCUT2D eigenvalue weighted by Gasteiger charge is -2.60. The van der Waals surface area contributed by atoms with Gasteiger partial charge in [0.2, 0.25) is 0 Å². The Hall–Kier alpha value is -1.41. The Morgan fingerprint density at radius 2 is 2.03 bits per heavy atom. The maximum absolute atomic E-state index is 10.1. The van der Waals surface area contributed by atoms with Gasteiger partial charge in [-0.1, -0.05) is 62.8 Å². The molecule has 172 valence electrons. The van der Waals surface area contributed by atoms with Gasteiger partial charge in [0.15, 0.2) is 0 Å². The van der Waals surface area contributed by atoms with Crippen LogP contribution in [0.1, 0.15) is 72.1 Å². The summed E-state index contributed by atoms with van der Waals surface area (Å²) < 4.78 is 0. The third-order valence-electron chi connectivity index (χ3n) is 11.3. The number of aliphatic imine (C=N–C) groups is 1. The van der Waals surface area contributed by atoms with E-state index in [4.69, 9.17) is 0 Å². The van der Waals surface area contributed by atoms with Crippen LogP contribution in [-0.4, -0.2) is 24.5 Å². The Morgan fingerprint density at radius 1 is 1.22 bits per heavy atom. The van der Waals surface area contributed by atoms with Gasteiger partial charge in [0, 0.05) is 23.7 Å². The molecule has 7 atom stereocenters. The molecule has 2 nitrogen and oxygen atoms in total. The summed E-state index contributed by atoms with van der Waals surface area (Å²) in [5, 5.41) is 10.1. The fourth-order valence-electron chi connectivity index (χ4n) is 10.0. The molecule has 6 aliphatic rings. The third-order valence-corrected chi connectivity index (χ3v) is 11.3. The van der Waals surface area contributed by atoms with Crippen LogP contribution in [0, 0.1) is 45.3 Å². The molecule has 6 rings (SSSR count). The predicted octanol–water partition coefficient (Wildman–Crippen LogP) is 6.69. The fraction of sp³-hybridized carbons (Fsp3) is 0.700. The Kier molecular flexibility index (Phi) is 4.50. The van der Waals surface area contributed by atoms with Crippen LogP contribution >= 0.6 is 0 Å². The van der Waals surface area contributed by atoms with Crippen molar-refractivity contribution in [1.29, 1.82) is 0 Å². The highest BCUT2D eigenvalue weighted by atomic mass is 16.3. The molecule has 0 bridgehead atoms. The molecule has 1 heterocycles. The Morgan fingerprint density at radius 3 is 2.78 bits per heavy atom. The normalized spacial score (nSPS) is 46.0. The molecule has 1 N–H and O–H groups in total. The van der Waals surface area contributed by atoms with E-state index in [0.717, 1.165) is 31.2 Å². The number of allylic oxidation sites excluding steroid dienone is 6. The first-order chi connectivity index (χ1) is 15.3. The Bertz CT molecular complexity index is 965. The summed E-state index contributed by atoms with van der Waals surface area (Å²) in [6, 6.07) is 0. The molecule has 5 aliphatic carbocycles. The summed E-state index contributed by atoms with van der Waals surface area (Å²) >= 11 is 0. The molecular formula is C30H41NO. The minimum Gasteiger partial charge on any atom is -0.396 e. The molecular weight excluding hydrogens is 390 g/mol. The van der Waals surface area contributed by atoms with Crippen molar-refractivity contribution < 1.29 is 5.11 Å². The second kappa shape index (κ2) is 6.81. The van der Waals surface area contributed by atoms with Crippen molar-refractivity contribution in [3.63, 3.8) is 0 Å². The van der Waals surface area contributed by atoms with Gasteiger partial charge in [-0.2, -0.15) is 0 Å². The van der Waals surface area contributed by atoms with Crippen LogP contribution in [0.25, 0.3) is 0 Å². The quantitative estimate of drug-likeness (QED) is 0.483. The summed E-state index contributed by atoms with van der Waals surface area (Å²) in [4.78, 5) is 4.34. The number of hydrogen-bond donors (Lipinski definition) is 1. The maximum atomic E-state index is 10.1. The molecule has 3 fully saturated rings. The van der Waals surface area contributed by atoms with Crippen LogP contribution in [0.2, 0.25) is 0 Å². The Balaban J connectivity index is 1.29. The van der Waals surface area contributed by atoms with Crippen LogP contribution < -0.4 is 0 Å². The molecule has 2 spiro atoms. The average Bonchev–Trinajstić information content (AvgIpc) is 3.17. The molecule has 0 unspecified atom stereocenters. The van der Waals surface area contributed by atoms with Gasteiger partial charge < -0.3 is 5.11 Å². The van der Waals surface area contributed by atoms with E-state index < -0.39 is 0 Å². The number of hydrogen-bond acceptors (Lipinski definition) is 2. The first kappa shape index (κ1) is 21.1. The standard InChI is InChI=1S/C30H41NO/c1-20-14-25-28(4)24(6-5-10-30(28)26(20)27(30,2)3)8-12-29(25)11-7-21(17-29)15-23(19-32)16-22-9-13-31-18-22/h5,9-10,14,18,21,23-24,26,32H,1,6-8,11-13,15-17,19H2,2-4H3/t21-,23+,24+,26+,28-,29-,30+/m1/s1. The lowest BCUT2D eigenvalue weighted by molar-refractivity contribution is 0.0207. The molecule has 0 amide bonds. The highest BCUT2D eigenvalue weighted by molar-refractivity contribution is 5.80. The number of aliphatic hydroxyl groups excluding tert-OH is 1. The van der Waals surface area contributed by atoms with E-state index in [2.05, 4.69) is 56.6 Å². The minimum atomic E-state index is 0.289. The van der Waals surface area contributed by atoms with Crippen molar-refractivity contribution in [3.8, 4) is 0 Å². The smallest absolute Gasteiger partial charge is 0.0576 e. The van der Waals surface area contributed by atoms with Gasteiger partial charge in [0.05, 0.1) is 6.54 Å². The van der Waals surface area contributed by atoms with Gasteiger partial charge in [-0.15, -0.1) is 0 Å². The van der Waals surface area contributed by atoms with Crippen molar-refractivity contribution in [3.05, 3.63) is 47.6 Å². The van der Waals surface area contributed by atoms with Gasteiger partial charge in [0.25, 0.3) is 0 Å². The first-order valence-electron chi connectivity index (χ1n) is 13.2. The molecule has 0 aromatic carbocycles. The first-order valence-corrected chi connectivity index (χ1v) is 13.2. The van der Waals surface area contributed by atoms with Gasteiger partial charge in [-0.05, 0) is 91.4 Å². The molecule has 0 radical (unpaired) electrons. The summed E-state index contributed by atoms with van der Waals surface area (Å²) in [7, 11) is 0. The van der Waals surface area contributed by atoms with Gasteiger partial charge >= 0.3 is 0 Å². The zero-order valence-electron chi connectivity index (χ0n) is 20.4. The molecule has 3 saturated carbocycles. The summed E-state index contributed by atoms with van der Waals surface area (Å²) in [6.07, 6.45) is 22.1. The van der Waals surface area contributed by atoms with Crippen molar-refractivity contribution in [1.82, 2.24) is 0 Å². The van der Waals surface area contributed by atoms with Gasteiger partial charge in [-0.3, -0.25) is 4.99 Å². The van der Waals surface area contributed by atoms with E-state index in [1.165, 1.54) is 49.7 Å². The van der Waals surface area contributed by atoms with Crippen LogP contribution in [0.15, 0.2) is 52.6 Å². The Labute approximate surface area is 194 Å². The highest BCUT2D eigenvalue weighted by Gasteiger charge is 2.81. The van der Waals surface area contributed by atoms with E-state index in [0.29, 0.717) is 34.7 Å². The lowest BCUT2D eigenvalue weighted by Crippen LogP contribution is -2.51.